The van der Waals surface area contributed by atoms with E-state index in [2.05, 4.69) is 15.4 Å². The number of anilines is 1. The van der Waals surface area contributed by atoms with E-state index in [0.717, 1.165) is 11.3 Å². The molecule has 2 heterocycles. The molecule has 2 rings (SSSR count). The molecule has 0 saturated heterocycles. The maximum atomic E-state index is 10.8. The van der Waals surface area contributed by atoms with Crippen molar-refractivity contribution < 1.29 is 9.90 Å². The molecule has 0 unspecified atom stereocenters. The molecule has 6 nitrogen and oxygen atoms in total. The van der Waals surface area contributed by atoms with Crippen LogP contribution in [0.25, 0.3) is 0 Å². The third-order valence-corrected chi connectivity index (χ3v) is 3.16. The summed E-state index contributed by atoms with van der Waals surface area (Å²) >= 11 is 5.98. The molecule has 0 atom stereocenters. The van der Waals surface area contributed by atoms with Crippen LogP contribution in [0.2, 0.25) is 5.02 Å². The summed E-state index contributed by atoms with van der Waals surface area (Å²) in [5.74, 6) is -0.598. The Morgan fingerprint density at radius 2 is 2.26 bits per heavy atom. The lowest BCUT2D eigenvalue weighted by molar-refractivity contribution is 0.0696. The standard InChI is InChI=1S/C12H13ClN4O2/c1-7-9(6-16-17(7)2)5-15-11-10(13)3-8(4-14-11)12(18)19/h3-4,6H,5H2,1-2H3,(H,14,15)(H,18,19). The summed E-state index contributed by atoms with van der Waals surface area (Å²) < 4.78 is 1.78. The first-order valence-electron chi connectivity index (χ1n) is 5.59. The van der Waals surface area contributed by atoms with Crippen LogP contribution >= 0.6 is 11.6 Å². The second kappa shape index (κ2) is 5.27. The van der Waals surface area contributed by atoms with E-state index in [1.807, 2.05) is 14.0 Å². The van der Waals surface area contributed by atoms with E-state index in [0.29, 0.717) is 12.4 Å². The second-order valence-electron chi connectivity index (χ2n) is 4.09. The minimum atomic E-state index is -1.05. The average Bonchev–Trinajstić information content (AvgIpc) is 2.68. The number of rotatable bonds is 4. The molecule has 0 aliphatic heterocycles. The third-order valence-electron chi connectivity index (χ3n) is 2.87. The SMILES string of the molecule is Cc1c(CNc2ncc(C(=O)O)cc2Cl)cnn1C. The van der Waals surface area contributed by atoms with Gasteiger partial charge in [-0.05, 0) is 13.0 Å². The Morgan fingerprint density at radius 3 is 2.79 bits per heavy atom. The second-order valence-corrected chi connectivity index (χ2v) is 4.50. The fourth-order valence-electron chi connectivity index (χ4n) is 1.58. The van der Waals surface area contributed by atoms with Crippen LogP contribution in [-0.4, -0.2) is 25.8 Å². The topological polar surface area (TPSA) is 80.0 Å². The summed E-state index contributed by atoms with van der Waals surface area (Å²) in [5, 5.41) is 16.3. The molecule has 0 aliphatic carbocycles. The van der Waals surface area contributed by atoms with Crippen molar-refractivity contribution in [3.8, 4) is 0 Å². The normalized spacial score (nSPS) is 10.5. The summed E-state index contributed by atoms with van der Waals surface area (Å²) in [4.78, 5) is 14.8. The maximum absolute atomic E-state index is 10.8. The van der Waals surface area contributed by atoms with E-state index in [4.69, 9.17) is 16.7 Å². The Morgan fingerprint density at radius 1 is 1.53 bits per heavy atom. The van der Waals surface area contributed by atoms with E-state index in [9.17, 15) is 4.79 Å². The Balaban J connectivity index is 2.12. The highest BCUT2D eigenvalue weighted by Gasteiger charge is 2.09. The predicted octanol–water partition coefficient (Wildman–Crippen LogP) is 2.09. The van der Waals surface area contributed by atoms with Crippen molar-refractivity contribution in [2.45, 2.75) is 13.5 Å². The monoisotopic (exact) mass is 280 g/mol. The van der Waals surface area contributed by atoms with Crippen LogP contribution in [0.1, 0.15) is 21.6 Å². The van der Waals surface area contributed by atoms with E-state index < -0.39 is 5.97 Å². The Labute approximate surface area is 115 Å². The number of carboxylic acids is 1. The number of aromatic carboxylic acids is 1. The summed E-state index contributed by atoms with van der Waals surface area (Å²) in [6.45, 7) is 2.49. The molecule has 19 heavy (non-hydrogen) atoms. The highest BCUT2D eigenvalue weighted by molar-refractivity contribution is 6.33. The number of hydrogen-bond acceptors (Lipinski definition) is 4. The van der Waals surface area contributed by atoms with Crippen LogP contribution in [0, 0.1) is 6.92 Å². The predicted molar refractivity (Wildman–Crippen MR) is 71.5 cm³/mol. The largest absolute Gasteiger partial charge is 0.478 e. The van der Waals surface area contributed by atoms with Crippen LogP contribution in [0.15, 0.2) is 18.5 Å². The van der Waals surface area contributed by atoms with Crippen molar-refractivity contribution in [2.75, 3.05) is 5.32 Å². The quantitative estimate of drug-likeness (QED) is 0.896. The molecule has 2 aromatic rings. The van der Waals surface area contributed by atoms with Gasteiger partial charge >= 0.3 is 5.97 Å². The van der Waals surface area contributed by atoms with Crippen molar-refractivity contribution in [3.63, 3.8) is 0 Å². The summed E-state index contributed by atoms with van der Waals surface area (Å²) in [6, 6.07) is 1.37. The fraction of sp³-hybridized carbons (Fsp3) is 0.250. The summed E-state index contributed by atoms with van der Waals surface area (Å²) in [7, 11) is 1.87. The van der Waals surface area contributed by atoms with Crippen molar-refractivity contribution in [1.29, 1.82) is 0 Å². The third kappa shape index (κ3) is 2.85. The summed E-state index contributed by atoms with van der Waals surface area (Å²) in [5.41, 5.74) is 2.14. The number of nitrogens with one attached hydrogen (secondary N) is 1. The molecule has 0 saturated carbocycles. The smallest absolute Gasteiger partial charge is 0.337 e. The lowest BCUT2D eigenvalue weighted by atomic mass is 10.2. The zero-order valence-corrected chi connectivity index (χ0v) is 11.3. The number of pyridine rings is 1. The summed E-state index contributed by atoms with van der Waals surface area (Å²) in [6.07, 6.45) is 3.04. The van der Waals surface area contributed by atoms with Crippen LogP contribution in [0.3, 0.4) is 0 Å². The van der Waals surface area contributed by atoms with E-state index >= 15 is 0 Å². The molecule has 2 N–H and O–H groups in total. The van der Waals surface area contributed by atoms with Gasteiger partial charge in [0, 0.05) is 31.0 Å². The molecule has 2 aromatic heterocycles. The molecule has 0 radical (unpaired) electrons. The zero-order valence-electron chi connectivity index (χ0n) is 10.5. The maximum Gasteiger partial charge on any atom is 0.337 e. The lowest BCUT2D eigenvalue weighted by Crippen LogP contribution is -2.05. The van der Waals surface area contributed by atoms with Gasteiger partial charge in [0.25, 0.3) is 0 Å². The first-order chi connectivity index (χ1) is 8.99. The molecule has 0 bridgehead atoms. The number of halogens is 1. The molecule has 0 aromatic carbocycles. The van der Waals surface area contributed by atoms with Gasteiger partial charge in [0.2, 0.25) is 0 Å². The van der Waals surface area contributed by atoms with Gasteiger partial charge in [0.15, 0.2) is 0 Å². The first kappa shape index (κ1) is 13.4. The molecular formula is C12H13ClN4O2. The van der Waals surface area contributed by atoms with E-state index in [-0.39, 0.29) is 10.6 Å². The number of nitrogens with zero attached hydrogens (tertiary/aromatic N) is 3. The molecule has 0 fully saturated rings. The van der Waals surface area contributed by atoms with Crippen molar-refractivity contribution in [3.05, 3.63) is 40.3 Å². The van der Waals surface area contributed by atoms with Crippen LogP contribution in [-0.2, 0) is 13.6 Å². The number of aryl methyl sites for hydroxylation is 1. The Bertz CT molecular complexity index is 624. The molecule has 100 valence electrons. The Hall–Kier alpha value is -2.08. The number of carbonyl (C=O) groups is 1. The van der Waals surface area contributed by atoms with Gasteiger partial charge in [-0.1, -0.05) is 11.6 Å². The fourth-order valence-corrected chi connectivity index (χ4v) is 1.81. The van der Waals surface area contributed by atoms with E-state index in [1.54, 1.807) is 10.9 Å². The van der Waals surface area contributed by atoms with Gasteiger partial charge in [0.1, 0.15) is 5.82 Å². The minimum Gasteiger partial charge on any atom is -0.478 e. The lowest BCUT2D eigenvalue weighted by Gasteiger charge is -2.07. The Kier molecular flexibility index (Phi) is 3.71. The molecule has 0 aliphatic rings. The van der Waals surface area contributed by atoms with Gasteiger partial charge in [-0.15, -0.1) is 0 Å². The van der Waals surface area contributed by atoms with Gasteiger partial charge in [-0.2, -0.15) is 5.10 Å². The zero-order chi connectivity index (χ0) is 14.0. The van der Waals surface area contributed by atoms with Crippen molar-refractivity contribution in [1.82, 2.24) is 14.8 Å². The average molecular weight is 281 g/mol. The highest BCUT2D eigenvalue weighted by Crippen LogP contribution is 2.21. The molecular weight excluding hydrogens is 268 g/mol. The number of carboxylic acid groups (broad SMARTS) is 1. The van der Waals surface area contributed by atoms with Crippen LogP contribution in [0.4, 0.5) is 5.82 Å². The van der Waals surface area contributed by atoms with Gasteiger partial charge in [0.05, 0.1) is 16.8 Å². The number of hydrogen-bond donors (Lipinski definition) is 2. The van der Waals surface area contributed by atoms with Gasteiger partial charge < -0.3 is 10.4 Å². The molecule has 0 spiro atoms. The van der Waals surface area contributed by atoms with Gasteiger partial charge in [-0.3, -0.25) is 4.68 Å². The van der Waals surface area contributed by atoms with E-state index in [1.165, 1.54) is 12.3 Å². The van der Waals surface area contributed by atoms with Gasteiger partial charge in [-0.25, -0.2) is 9.78 Å². The van der Waals surface area contributed by atoms with Crippen molar-refractivity contribution in [2.24, 2.45) is 7.05 Å². The molecule has 7 heteroatoms. The van der Waals surface area contributed by atoms with Crippen LogP contribution < -0.4 is 5.32 Å². The minimum absolute atomic E-state index is 0.0631. The van der Waals surface area contributed by atoms with Crippen molar-refractivity contribution >= 4 is 23.4 Å². The first-order valence-corrected chi connectivity index (χ1v) is 5.97. The van der Waals surface area contributed by atoms with Crippen LogP contribution in [0.5, 0.6) is 0 Å². The highest BCUT2D eigenvalue weighted by atomic mass is 35.5. The molecule has 0 amide bonds. The number of aromatic nitrogens is 3.